The fraction of sp³-hybridized carbons (Fsp3) is 0.308. The number of anilines is 1. The Morgan fingerprint density at radius 1 is 1.29 bits per heavy atom. The molecular weight excluding hydrogens is 214 g/mol. The van der Waals surface area contributed by atoms with Crippen molar-refractivity contribution in [2.45, 2.75) is 20.0 Å². The maximum Gasteiger partial charge on any atom is 0.167 e. The van der Waals surface area contributed by atoms with Gasteiger partial charge in [0.05, 0.1) is 6.54 Å². The summed E-state index contributed by atoms with van der Waals surface area (Å²) in [5, 5.41) is 3.67. The minimum absolute atomic E-state index is 0.435. The largest absolute Gasteiger partial charge is 0.381 e. The van der Waals surface area contributed by atoms with Crippen LogP contribution in [0.4, 0.5) is 5.82 Å². The fourth-order valence-electron chi connectivity index (χ4n) is 1.80. The molecule has 2 rings (SSSR count). The molecule has 0 spiro atoms. The molecule has 0 radical (unpaired) electrons. The number of nitrogen functional groups attached to an aromatic ring is 1. The van der Waals surface area contributed by atoms with Gasteiger partial charge in [-0.05, 0) is 25.1 Å². The Kier molecular flexibility index (Phi) is 3.44. The second kappa shape index (κ2) is 5.01. The number of aromatic nitrogens is 1. The Hall–Kier alpha value is -1.81. The number of nitrogens with two attached hydrogens (primary N) is 1. The lowest BCUT2D eigenvalue weighted by molar-refractivity contribution is 0.266. The predicted molar refractivity (Wildman–Crippen MR) is 67.3 cm³/mol. The third kappa shape index (κ3) is 3.07. The molecule has 1 aromatic carbocycles. The van der Waals surface area contributed by atoms with Crippen LogP contribution in [0.5, 0.6) is 0 Å². The Balaban J connectivity index is 1.98. The average Bonchev–Trinajstić information content (AvgIpc) is 2.67. The third-order valence-corrected chi connectivity index (χ3v) is 2.70. The summed E-state index contributed by atoms with van der Waals surface area (Å²) in [6.45, 7) is 3.71. The Morgan fingerprint density at radius 3 is 2.71 bits per heavy atom. The molecule has 2 aromatic rings. The highest BCUT2D eigenvalue weighted by atomic mass is 16.5. The van der Waals surface area contributed by atoms with Crippen molar-refractivity contribution in [3.05, 3.63) is 47.2 Å². The second-order valence-corrected chi connectivity index (χ2v) is 4.32. The van der Waals surface area contributed by atoms with Gasteiger partial charge in [-0.3, -0.25) is 4.90 Å². The van der Waals surface area contributed by atoms with Gasteiger partial charge in [0.25, 0.3) is 0 Å². The van der Waals surface area contributed by atoms with Crippen molar-refractivity contribution in [3.8, 4) is 0 Å². The summed E-state index contributed by atoms with van der Waals surface area (Å²) in [4.78, 5) is 2.17. The molecule has 0 aliphatic heterocycles. The molecule has 0 saturated carbocycles. The van der Waals surface area contributed by atoms with E-state index in [1.54, 1.807) is 6.07 Å². The Bertz CT molecular complexity index is 493. The van der Waals surface area contributed by atoms with Crippen LogP contribution in [-0.4, -0.2) is 17.1 Å². The summed E-state index contributed by atoms with van der Waals surface area (Å²) in [5.74, 6) is 1.22. The average molecular weight is 231 g/mol. The minimum Gasteiger partial charge on any atom is -0.381 e. The number of hydrogen-bond donors (Lipinski definition) is 1. The van der Waals surface area contributed by atoms with Crippen LogP contribution in [0.2, 0.25) is 0 Å². The first-order valence-electron chi connectivity index (χ1n) is 5.59. The van der Waals surface area contributed by atoms with Gasteiger partial charge in [-0.1, -0.05) is 29.4 Å². The molecule has 0 aliphatic rings. The molecule has 0 atom stereocenters. The van der Waals surface area contributed by atoms with Crippen LogP contribution in [0, 0.1) is 6.92 Å². The molecule has 0 aliphatic carbocycles. The maximum atomic E-state index is 5.51. The SMILES string of the molecule is Cc1ccccc1CN(C)Cc1cc(N)no1. The van der Waals surface area contributed by atoms with E-state index in [-0.39, 0.29) is 0 Å². The summed E-state index contributed by atoms with van der Waals surface area (Å²) < 4.78 is 5.09. The van der Waals surface area contributed by atoms with Crippen molar-refractivity contribution in [1.29, 1.82) is 0 Å². The van der Waals surface area contributed by atoms with Gasteiger partial charge >= 0.3 is 0 Å². The molecule has 4 heteroatoms. The summed E-state index contributed by atoms with van der Waals surface area (Å²) in [7, 11) is 2.05. The normalized spacial score (nSPS) is 11.0. The van der Waals surface area contributed by atoms with E-state index in [1.165, 1.54) is 11.1 Å². The topological polar surface area (TPSA) is 55.3 Å². The van der Waals surface area contributed by atoms with Gasteiger partial charge in [-0.25, -0.2) is 0 Å². The Labute approximate surface area is 101 Å². The Morgan fingerprint density at radius 2 is 2.06 bits per heavy atom. The number of rotatable bonds is 4. The van der Waals surface area contributed by atoms with E-state index in [0.29, 0.717) is 12.4 Å². The number of aryl methyl sites for hydroxylation is 1. The van der Waals surface area contributed by atoms with Gasteiger partial charge in [0.1, 0.15) is 0 Å². The molecule has 0 unspecified atom stereocenters. The summed E-state index contributed by atoms with van der Waals surface area (Å²) >= 11 is 0. The van der Waals surface area contributed by atoms with Crippen molar-refractivity contribution in [1.82, 2.24) is 10.1 Å². The molecule has 0 bridgehead atoms. The van der Waals surface area contributed by atoms with E-state index >= 15 is 0 Å². The predicted octanol–water partition coefficient (Wildman–Crippen LogP) is 2.20. The molecule has 0 amide bonds. The molecule has 17 heavy (non-hydrogen) atoms. The van der Waals surface area contributed by atoms with Crippen molar-refractivity contribution >= 4 is 5.82 Å². The van der Waals surface area contributed by atoms with Gasteiger partial charge in [0.2, 0.25) is 0 Å². The molecule has 0 fully saturated rings. The van der Waals surface area contributed by atoms with Crippen LogP contribution < -0.4 is 5.73 Å². The van der Waals surface area contributed by atoms with Crippen LogP contribution in [0.15, 0.2) is 34.9 Å². The van der Waals surface area contributed by atoms with Crippen LogP contribution in [0.3, 0.4) is 0 Å². The lowest BCUT2D eigenvalue weighted by Crippen LogP contribution is -2.17. The first-order chi connectivity index (χ1) is 8.15. The van der Waals surface area contributed by atoms with E-state index in [4.69, 9.17) is 10.3 Å². The van der Waals surface area contributed by atoms with Gasteiger partial charge in [-0.15, -0.1) is 0 Å². The number of hydrogen-bond acceptors (Lipinski definition) is 4. The number of nitrogens with zero attached hydrogens (tertiary/aromatic N) is 2. The highest BCUT2D eigenvalue weighted by molar-refractivity contribution is 5.27. The van der Waals surface area contributed by atoms with Gasteiger partial charge in [-0.2, -0.15) is 0 Å². The smallest absolute Gasteiger partial charge is 0.167 e. The number of benzene rings is 1. The maximum absolute atomic E-state index is 5.51. The molecule has 0 saturated heterocycles. The molecule has 1 aromatic heterocycles. The second-order valence-electron chi connectivity index (χ2n) is 4.32. The molecule has 90 valence electrons. The van der Waals surface area contributed by atoms with E-state index in [1.807, 2.05) is 7.05 Å². The molecule has 1 heterocycles. The highest BCUT2D eigenvalue weighted by Crippen LogP contribution is 2.12. The zero-order valence-electron chi connectivity index (χ0n) is 10.2. The zero-order chi connectivity index (χ0) is 12.3. The first kappa shape index (κ1) is 11.7. The highest BCUT2D eigenvalue weighted by Gasteiger charge is 2.07. The zero-order valence-corrected chi connectivity index (χ0v) is 10.2. The van der Waals surface area contributed by atoms with Crippen molar-refractivity contribution in [2.24, 2.45) is 0 Å². The van der Waals surface area contributed by atoms with Gasteiger partial charge in [0, 0.05) is 12.6 Å². The van der Waals surface area contributed by atoms with Crippen LogP contribution >= 0.6 is 0 Å². The molecule has 4 nitrogen and oxygen atoms in total. The summed E-state index contributed by atoms with van der Waals surface area (Å²) in [6.07, 6.45) is 0. The van der Waals surface area contributed by atoms with E-state index in [9.17, 15) is 0 Å². The lowest BCUT2D eigenvalue weighted by Gasteiger charge is -2.16. The third-order valence-electron chi connectivity index (χ3n) is 2.70. The first-order valence-corrected chi connectivity index (χ1v) is 5.59. The van der Waals surface area contributed by atoms with E-state index < -0.39 is 0 Å². The van der Waals surface area contributed by atoms with E-state index in [2.05, 4.69) is 41.2 Å². The van der Waals surface area contributed by atoms with Crippen molar-refractivity contribution in [3.63, 3.8) is 0 Å². The van der Waals surface area contributed by atoms with Crippen LogP contribution in [0.25, 0.3) is 0 Å². The van der Waals surface area contributed by atoms with E-state index in [0.717, 1.165) is 12.3 Å². The molecular formula is C13H17N3O. The summed E-state index contributed by atoms with van der Waals surface area (Å²) in [6, 6.07) is 10.1. The lowest BCUT2D eigenvalue weighted by atomic mass is 10.1. The van der Waals surface area contributed by atoms with Crippen molar-refractivity contribution < 1.29 is 4.52 Å². The van der Waals surface area contributed by atoms with Crippen molar-refractivity contribution in [2.75, 3.05) is 12.8 Å². The van der Waals surface area contributed by atoms with Gasteiger partial charge < -0.3 is 10.3 Å². The monoisotopic (exact) mass is 231 g/mol. The van der Waals surface area contributed by atoms with Crippen LogP contribution in [0.1, 0.15) is 16.9 Å². The summed E-state index contributed by atoms with van der Waals surface area (Å²) in [5.41, 5.74) is 8.13. The van der Waals surface area contributed by atoms with Crippen LogP contribution in [-0.2, 0) is 13.1 Å². The van der Waals surface area contributed by atoms with Gasteiger partial charge in [0.15, 0.2) is 11.6 Å². The quantitative estimate of drug-likeness (QED) is 0.876. The minimum atomic E-state index is 0.435. The fourth-order valence-corrected chi connectivity index (χ4v) is 1.80. The standard InChI is InChI=1S/C13H17N3O/c1-10-5-3-4-6-11(10)8-16(2)9-12-7-13(14)15-17-12/h3-7H,8-9H2,1-2H3,(H2,14,15). The molecule has 2 N–H and O–H groups in total.